The van der Waals surface area contributed by atoms with Gasteiger partial charge in [-0.05, 0) is 58.1 Å². The molecule has 1 aliphatic heterocycles. The highest BCUT2D eigenvalue weighted by molar-refractivity contribution is 7.70. The summed E-state index contributed by atoms with van der Waals surface area (Å²) in [5.41, 5.74) is 2.01. The van der Waals surface area contributed by atoms with Crippen LogP contribution in [0.4, 0.5) is 5.69 Å². The van der Waals surface area contributed by atoms with Gasteiger partial charge in [0.15, 0.2) is 5.82 Å². The van der Waals surface area contributed by atoms with E-state index in [1.807, 2.05) is 19.4 Å². The molecule has 6 heteroatoms. The van der Waals surface area contributed by atoms with E-state index < -0.39 is 7.14 Å². The molecule has 1 atom stereocenters. The van der Waals surface area contributed by atoms with Gasteiger partial charge in [-0.25, -0.2) is 9.97 Å². The molecule has 0 bridgehead atoms. The maximum absolute atomic E-state index is 12.9. The Bertz CT molecular complexity index is 757. The van der Waals surface area contributed by atoms with E-state index in [9.17, 15) is 4.57 Å². The number of rotatable bonds is 4. The summed E-state index contributed by atoms with van der Waals surface area (Å²) in [5, 5.41) is 0.861. The lowest BCUT2D eigenvalue weighted by Gasteiger charge is -2.23. The summed E-state index contributed by atoms with van der Waals surface area (Å²) in [6, 6.07) is 8.55. The van der Waals surface area contributed by atoms with Crippen molar-refractivity contribution in [3.63, 3.8) is 0 Å². The first kappa shape index (κ1) is 17.1. The van der Waals surface area contributed by atoms with Gasteiger partial charge in [0.05, 0.1) is 0 Å². The maximum atomic E-state index is 12.9. The molecule has 5 nitrogen and oxygen atoms in total. The fourth-order valence-electron chi connectivity index (χ4n) is 3.19. The normalized spacial score (nSPS) is 18.4. The molecule has 1 aromatic heterocycles. The molecule has 0 spiro atoms. The van der Waals surface area contributed by atoms with Crippen LogP contribution in [0.5, 0.6) is 0 Å². The van der Waals surface area contributed by atoms with Crippen molar-refractivity contribution in [2.75, 3.05) is 45.4 Å². The van der Waals surface area contributed by atoms with E-state index in [4.69, 9.17) is 0 Å². The summed E-state index contributed by atoms with van der Waals surface area (Å²) >= 11 is 0. The second-order valence-electron chi connectivity index (χ2n) is 6.98. The van der Waals surface area contributed by atoms with Crippen molar-refractivity contribution in [3.8, 4) is 11.4 Å². The predicted molar refractivity (Wildman–Crippen MR) is 101 cm³/mol. The molecule has 0 amide bonds. The van der Waals surface area contributed by atoms with Crippen molar-refractivity contribution in [1.29, 1.82) is 0 Å². The lowest BCUT2D eigenvalue weighted by molar-refractivity contribution is 0.315. The summed E-state index contributed by atoms with van der Waals surface area (Å²) < 4.78 is 12.9. The zero-order chi connectivity index (χ0) is 17.3. The van der Waals surface area contributed by atoms with Crippen LogP contribution in [0.2, 0.25) is 0 Å². The summed E-state index contributed by atoms with van der Waals surface area (Å²) in [7, 11) is 1.81. The van der Waals surface area contributed by atoms with E-state index in [1.165, 1.54) is 0 Å². The van der Waals surface area contributed by atoms with Crippen molar-refractivity contribution in [2.45, 2.75) is 12.5 Å². The van der Waals surface area contributed by atoms with Crippen LogP contribution in [-0.2, 0) is 4.57 Å². The molecule has 0 N–H and O–H groups in total. The highest BCUT2D eigenvalue weighted by atomic mass is 31.2. The second kappa shape index (κ2) is 6.66. The van der Waals surface area contributed by atoms with Crippen LogP contribution in [0.3, 0.4) is 0 Å². The van der Waals surface area contributed by atoms with Gasteiger partial charge in [-0.3, -0.25) is 0 Å². The third-order valence-electron chi connectivity index (χ3n) is 4.63. The Balaban J connectivity index is 1.99. The highest BCUT2D eigenvalue weighted by Gasteiger charge is 2.26. The quantitative estimate of drug-likeness (QED) is 0.798. The van der Waals surface area contributed by atoms with E-state index >= 15 is 0 Å². The molecule has 2 heterocycles. The van der Waals surface area contributed by atoms with E-state index in [1.54, 1.807) is 18.5 Å². The molecule has 0 saturated carbocycles. The topological polar surface area (TPSA) is 49.3 Å². The van der Waals surface area contributed by atoms with Crippen molar-refractivity contribution >= 4 is 18.1 Å². The van der Waals surface area contributed by atoms with Gasteiger partial charge in [0, 0.05) is 48.1 Å². The van der Waals surface area contributed by atoms with Crippen LogP contribution in [0.1, 0.15) is 6.42 Å². The van der Waals surface area contributed by atoms with E-state index in [0.717, 1.165) is 36.1 Å². The number of benzene rings is 1. The molecule has 1 unspecified atom stereocenters. The molecule has 2 aromatic rings. The Hall–Kier alpha value is -1.71. The van der Waals surface area contributed by atoms with Gasteiger partial charge >= 0.3 is 0 Å². The van der Waals surface area contributed by atoms with Crippen LogP contribution >= 0.6 is 7.14 Å². The number of anilines is 1. The molecule has 128 valence electrons. The van der Waals surface area contributed by atoms with Crippen LogP contribution in [-0.4, -0.2) is 61.4 Å². The van der Waals surface area contributed by atoms with Crippen LogP contribution in [0, 0.1) is 0 Å². The summed E-state index contributed by atoms with van der Waals surface area (Å²) in [5.74, 6) is 0.635. The largest absolute Gasteiger partial charge is 0.370 e. The van der Waals surface area contributed by atoms with Gasteiger partial charge in [0.25, 0.3) is 0 Å². The Morgan fingerprint density at radius 3 is 2.50 bits per heavy atom. The van der Waals surface area contributed by atoms with E-state index in [-0.39, 0.29) is 0 Å². The van der Waals surface area contributed by atoms with Crippen molar-refractivity contribution in [1.82, 2.24) is 14.9 Å². The number of likely N-dealkylation sites (N-methyl/N-ethyl adjacent to an activating group) is 1. The molecular weight excluding hydrogens is 319 g/mol. The first-order valence-electron chi connectivity index (χ1n) is 8.24. The zero-order valence-electron chi connectivity index (χ0n) is 14.8. The molecule has 0 aliphatic carbocycles. The standard InChI is InChI=1S/C18H25N4OP/c1-21(2)15-8-11-22(13-15)14-6-7-16(17(12-14)24(3,4)23)18-19-9-5-10-20-18/h5-7,9-10,12,15H,8,11,13H2,1-4H3. The van der Waals surface area contributed by atoms with Crippen molar-refractivity contribution < 1.29 is 4.57 Å². The van der Waals surface area contributed by atoms with Gasteiger partial charge in [0.2, 0.25) is 0 Å². The minimum atomic E-state index is -2.44. The first-order valence-corrected chi connectivity index (χ1v) is 10.8. The van der Waals surface area contributed by atoms with Crippen LogP contribution < -0.4 is 10.2 Å². The predicted octanol–water partition coefficient (Wildman–Crippen LogP) is 2.53. The molecule has 1 saturated heterocycles. The Labute approximate surface area is 144 Å². The Morgan fingerprint density at radius 1 is 1.21 bits per heavy atom. The number of nitrogens with zero attached hydrogens (tertiary/aromatic N) is 4. The maximum Gasteiger partial charge on any atom is 0.159 e. The molecule has 1 aliphatic rings. The second-order valence-corrected chi connectivity index (χ2v) is 10.2. The van der Waals surface area contributed by atoms with Crippen molar-refractivity contribution in [2.24, 2.45) is 0 Å². The fourth-order valence-corrected chi connectivity index (χ4v) is 4.39. The fraction of sp³-hybridized carbons (Fsp3) is 0.444. The molecule has 3 rings (SSSR count). The van der Waals surface area contributed by atoms with Gasteiger partial charge in [-0.2, -0.15) is 0 Å². The molecule has 1 aromatic carbocycles. The van der Waals surface area contributed by atoms with Crippen LogP contribution in [0.15, 0.2) is 36.7 Å². The first-order chi connectivity index (χ1) is 11.4. The highest BCUT2D eigenvalue weighted by Crippen LogP contribution is 2.40. The minimum Gasteiger partial charge on any atom is -0.370 e. The Morgan fingerprint density at radius 2 is 1.92 bits per heavy atom. The summed E-state index contributed by atoms with van der Waals surface area (Å²) in [6.45, 7) is 5.66. The van der Waals surface area contributed by atoms with E-state index in [0.29, 0.717) is 11.9 Å². The lowest BCUT2D eigenvalue weighted by atomic mass is 10.1. The third-order valence-corrected chi connectivity index (χ3v) is 6.16. The third kappa shape index (κ3) is 3.52. The monoisotopic (exact) mass is 344 g/mol. The van der Waals surface area contributed by atoms with Gasteiger partial charge < -0.3 is 14.4 Å². The van der Waals surface area contributed by atoms with Crippen molar-refractivity contribution in [3.05, 3.63) is 36.7 Å². The average Bonchev–Trinajstić information content (AvgIpc) is 3.04. The zero-order valence-corrected chi connectivity index (χ0v) is 15.7. The number of hydrogen-bond acceptors (Lipinski definition) is 5. The number of hydrogen-bond donors (Lipinski definition) is 0. The molecule has 24 heavy (non-hydrogen) atoms. The van der Waals surface area contributed by atoms with Gasteiger partial charge in [0.1, 0.15) is 7.14 Å². The molecule has 1 fully saturated rings. The Kier molecular flexibility index (Phi) is 4.75. The molecule has 0 radical (unpaired) electrons. The minimum absolute atomic E-state index is 0.570. The lowest BCUT2D eigenvalue weighted by Crippen LogP contribution is -2.31. The number of aromatic nitrogens is 2. The summed E-state index contributed by atoms with van der Waals surface area (Å²) in [4.78, 5) is 13.3. The smallest absolute Gasteiger partial charge is 0.159 e. The average molecular weight is 344 g/mol. The van der Waals surface area contributed by atoms with Gasteiger partial charge in [-0.1, -0.05) is 0 Å². The SMILES string of the molecule is CN(C)C1CCN(c2ccc(-c3ncccn3)c(P(C)(C)=O)c2)C1. The van der Waals surface area contributed by atoms with Crippen LogP contribution in [0.25, 0.3) is 11.4 Å². The van der Waals surface area contributed by atoms with Gasteiger partial charge in [-0.15, -0.1) is 0 Å². The van der Waals surface area contributed by atoms with E-state index in [2.05, 4.69) is 46.0 Å². The molecular formula is C18H25N4OP. The summed E-state index contributed by atoms with van der Waals surface area (Å²) in [6.07, 6.45) is 4.60.